The number of ketones is 1. The van der Waals surface area contributed by atoms with Gasteiger partial charge >= 0.3 is 5.97 Å². The number of esters is 1. The Morgan fingerprint density at radius 1 is 1.39 bits per heavy atom. The molecule has 0 amide bonds. The lowest BCUT2D eigenvalue weighted by Crippen LogP contribution is -2.52. The van der Waals surface area contributed by atoms with Crippen LogP contribution in [0.2, 0.25) is 0 Å². The monoisotopic (exact) mass is 246 g/mol. The summed E-state index contributed by atoms with van der Waals surface area (Å²) in [4.78, 5) is 24.2. The highest BCUT2D eigenvalue weighted by atomic mass is 16.6. The largest absolute Gasteiger partial charge is 0.423 e. The predicted octanol–water partition coefficient (Wildman–Crippen LogP) is 2.14. The first-order valence-electron chi connectivity index (χ1n) is 5.59. The number of carbonyl (C=O) groups excluding carboxylic acids is 2. The van der Waals surface area contributed by atoms with Gasteiger partial charge in [0.25, 0.3) is 0 Å². The van der Waals surface area contributed by atoms with Crippen molar-refractivity contribution in [2.75, 3.05) is 6.61 Å². The Kier molecular flexibility index (Phi) is 3.05. The Balaban J connectivity index is 2.37. The van der Waals surface area contributed by atoms with Crippen LogP contribution in [0, 0.1) is 0 Å². The van der Waals surface area contributed by atoms with Crippen LogP contribution in [0.25, 0.3) is 0 Å². The molecular weight excluding hydrogens is 232 g/mol. The summed E-state index contributed by atoms with van der Waals surface area (Å²) in [6.07, 6.45) is 0. The number of rotatable bonds is 3. The number of ether oxygens (including phenoxy) is 2. The van der Waals surface area contributed by atoms with E-state index in [9.17, 15) is 9.59 Å². The van der Waals surface area contributed by atoms with E-state index in [1.807, 2.05) is 0 Å². The molecule has 94 valence electrons. The summed E-state index contributed by atoms with van der Waals surface area (Å²) in [7, 11) is 0. The van der Waals surface area contributed by atoms with Gasteiger partial charge in [0.05, 0.1) is 12.2 Å². The Hall–Kier alpha value is -1.94. The van der Waals surface area contributed by atoms with Crippen LogP contribution in [0.15, 0.2) is 36.4 Å². The van der Waals surface area contributed by atoms with Crippen LogP contribution < -0.4 is 4.74 Å². The number of hydrogen-bond acceptors (Lipinski definition) is 4. The third kappa shape index (κ3) is 1.95. The summed E-state index contributed by atoms with van der Waals surface area (Å²) >= 11 is 0. The van der Waals surface area contributed by atoms with Gasteiger partial charge in [-0.05, 0) is 26.0 Å². The van der Waals surface area contributed by atoms with E-state index in [4.69, 9.17) is 9.47 Å². The van der Waals surface area contributed by atoms with Crippen molar-refractivity contribution >= 4 is 11.8 Å². The molecular formula is C14H14O4. The molecule has 0 saturated carbocycles. The zero-order valence-corrected chi connectivity index (χ0v) is 10.4. The fraction of sp³-hybridized carbons (Fsp3) is 0.286. The number of carbonyl (C=O) groups is 2. The van der Waals surface area contributed by atoms with Crippen LogP contribution in [0.1, 0.15) is 24.2 Å². The maximum Gasteiger partial charge on any atom is 0.351 e. The van der Waals surface area contributed by atoms with Gasteiger partial charge in [0, 0.05) is 0 Å². The average molecular weight is 246 g/mol. The first kappa shape index (κ1) is 12.5. The number of benzene rings is 1. The minimum absolute atomic E-state index is 0.138. The third-order valence-corrected chi connectivity index (χ3v) is 2.76. The lowest BCUT2D eigenvalue weighted by Gasteiger charge is -2.30. The standard InChI is InChI=1S/C14H14O4/c1-9(2)8-17-14(3)12(15)10-6-4-5-7-11(10)18-13(14)16/h4-7H,1,8H2,2-3H3. The van der Waals surface area contributed by atoms with Crippen molar-refractivity contribution in [3.05, 3.63) is 42.0 Å². The van der Waals surface area contributed by atoms with Crippen molar-refractivity contribution < 1.29 is 19.1 Å². The Morgan fingerprint density at radius 2 is 2.06 bits per heavy atom. The summed E-state index contributed by atoms with van der Waals surface area (Å²) in [5, 5.41) is 0. The molecule has 1 aromatic rings. The predicted molar refractivity (Wildman–Crippen MR) is 65.6 cm³/mol. The maximum atomic E-state index is 12.3. The molecule has 4 heteroatoms. The molecule has 0 radical (unpaired) electrons. The summed E-state index contributed by atoms with van der Waals surface area (Å²) < 4.78 is 10.5. The van der Waals surface area contributed by atoms with E-state index in [0.717, 1.165) is 5.57 Å². The molecule has 1 aliphatic heterocycles. The van der Waals surface area contributed by atoms with Crippen molar-refractivity contribution in [3.8, 4) is 5.75 Å². The second kappa shape index (κ2) is 4.38. The first-order valence-corrected chi connectivity index (χ1v) is 5.59. The minimum Gasteiger partial charge on any atom is -0.423 e. The molecule has 0 bridgehead atoms. The van der Waals surface area contributed by atoms with Crippen molar-refractivity contribution in [1.29, 1.82) is 0 Å². The summed E-state index contributed by atoms with van der Waals surface area (Å²) in [6, 6.07) is 6.63. The molecule has 1 heterocycles. The van der Waals surface area contributed by atoms with Gasteiger partial charge in [0.1, 0.15) is 5.75 Å². The van der Waals surface area contributed by atoms with E-state index < -0.39 is 11.6 Å². The van der Waals surface area contributed by atoms with Crippen LogP contribution in [0.5, 0.6) is 5.75 Å². The highest BCUT2D eigenvalue weighted by molar-refractivity contribution is 6.19. The zero-order valence-electron chi connectivity index (χ0n) is 10.4. The van der Waals surface area contributed by atoms with Crippen LogP contribution in [-0.2, 0) is 9.53 Å². The van der Waals surface area contributed by atoms with Crippen LogP contribution in [-0.4, -0.2) is 24.0 Å². The van der Waals surface area contributed by atoms with Crippen molar-refractivity contribution in [2.45, 2.75) is 19.4 Å². The highest BCUT2D eigenvalue weighted by Crippen LogP contribution is 2.32. The molecule has 0 spiro atoms. The molecule has 0 aromatic heterocycles. The zero-order chi connectivity index (χ0) is 13.3. The fourth-order valence-electron chi connectivity index (χ4n) is 1.68. The molecule has 0 fully saturated rings. The number of fused-ring (bicyclic) bond motifs is 1. The molecule has 18 heavy (non-hydrogen) atoms. The topological polar surface area (TPSA) is 52.6 Å². The van der Waals surface area contributed by atoms with Gasteiger partial charge in [0.2, 0.25) is 11.4 Å². The number of Topliss-reactive ketones (excluding diaryl/α,β-unsaturated/α-hetero) is 1. The van der Waals surface area contributed by atoms with Crippen LogP contribution >= 0.6 is 0 Å². The number of para-hydroxylation sites is 1. The van der Waals surface area contributed by atoms with Gasteiger partial charge in [-0.1, -0.05) is 24.3 Å². The van der Waals surface area contributed by atoms with Crippen molar-refractivity contribution in [2.24, 2.45) is 0 Å². The van der Waals surface area contributed by atoms with Gasteiger partial charge in [0.15, 0.2) is 0 Å². The second-order valence-corrected chi connectivity index (χ2v) is 4.49. The number of hydrogen-bond donors (Lipinski definition) is 0. The molecule has 1 aliphatic rings. The summed E-state index contributed by atoms with van der Waals surface area (Å²) in [6.45, 7) is 7.00. The van der Waals surface area contributed by atoms with E-state index in [2.05, 4.69) is 6.58 Å². The van der Waals surface area contributed by atoms with E-state index in [-0.39, 0.29) is 18.1 Å². The molecule has 0 saturated heterocycles. The highest BCUT2D eigenvalue weighted by Gasteiger charge is 2.49. The Bertz CT molecular complexity index is 532. The third-order valence-electron chi connectivity index (χ3n) is 2.76. The molecule has 1 aromatic carbocycles. The summed E-state index contributed by atoms with van der Waals surface area (Å²) in [5.74, 6) is -0.785. The Labute approximate surface area is 105 Å². The minimum atomic E-state index is -1.59. The van der Waals surface area contributed by atoms with E-state index >= 15 is 0 Å². The fourth-order valence-corrected chi connectivity index (χ4v) is 1.68. The normalized spacial score (nSPS) is 22.3. The van der Waals surface area contributed by atoms with Crippen LogP contribution in [0.4, 0.5) is 0 Å². The van der Waals surface area contributed by atoms with Gasteiger partial charge in [-0.25, -0.2) is 4.79 Å². The summed E-state index contributed by atoms with van der Waals surface area (Å²) in [5.41, 5.74) is -0.496. The molecule has 0 aliphatic carbocycles. The Morgan fingerprint density at radius 3 is 2.72 bits per heavy atom. The molecule has 0 N–H and O–H groups in total. The lowest BCUT2D eigenvalue weighted by molar-refractivity contribution is -0.154. The average Bonchev–Trinajstić information content (AvgIpc) is 2.34. The van der Waals surface area contributed by atoms with Gasteiger partial charge in [-0.2, -0.15) is 0 Å². The second-order valence-electron chi connectivity index (χ2n) is 4.49. The molecule has 2 rings (SSSR count). The first-order chi connectivity index (χ1) is 8.45. The smallest absolute Gasteiger partial charge is 0.351 e. The van der Waals surface area contributed by atoms with Crippen molar-refractivity contribution in [1.82, 2.24) is 0 Å². The van der Waals surface area contributed by atoms with Crippen LogP contribution in [0.3, 0.4) is 0 Å². The molecule has 1 atom stereocenters. The lowest BCUT2D eigenvalue weighted by atomic mass is 9.91. The molecule has 1 unspecified atom stereocenters. The van der Waals surface area contributed by atoms with Gasteiger partial charge in [-0.3, -0.25) is 4.79 Å². The van der Waals surface area contributed by atoms with Gasteiger partial charge < -0.3 is 9.47 Å². The van der Waals surface area contributed by atoms with Crippen molar-refractivity contribution in [3.63, 3.8) is 0 Å². The van der Waals surface area contributed by atoms with E-state index in [1.54, 1.807) is 31.2 Å². The van der Waals surface area contributed by atoms with E-state index in [0.29, 0.717) is 5.56 Å². The molecule has 4 nitrogen and oxygen atoms in total. The SMILES string of the molecule is C=C(C)COC1(C)C(=O)Oc2ccccc2C1=O. The quantitative estimate of drug-likeness (QED) is 0.355. The van der Waals surface area contributed by atoms with Gasteiger partial charge in [-0.15, -0.1) is 0 Å². The van der Waals surface area contributed by atoms with E-state index in [1.165, 1.54) is 6.92 Å². The maximum absolute atomic E-state index is 12.3.